The molecule has 0 aromatic heterocycles. The summed E-state index contributed by atoms with van der Waals surface area (Å²) in [5.41, 5.74) is -0.148. The van der Waals surface area contributed by atoms with Gasteiger partial charge in [0, 0.05) is 26.9 Å². The molecule has 0 aliphatic rings. The van der Waals surface area contributed by atoms with Crippen LogP contribution in [0.15, 0.2) is 44.7 Å². The van der Waals surface area contributed by atoms with Gasteiger partial charge in [0.25, 0.3) is 0 Å². The summed E-state index contributed by atoms with van der Waals surface area (Å²) in [6, 6.07) is 8.33. The third-order valence-electron chi connectivity index (χ3n) is 3.89. The summed E-state index contributed by atoms with van der Waals surface area (Å²) >= 11 is 0. The maximum atomic E-state index is 12.0. The number of hydrogen-bond acceptors (Lipinski definition) is 3. The Morgan fingerprint density at radius 1 is 0.684 bits per heavy atom. The minimum atomic E-state index is -0.474. The Morgan fingerprint density at radius 3 is 1.79 bits per heavy atom. The van der Waals surface area contributed by atoms with Crippen LogP contribution >= 0.6 is 0 Å². The molecule has 0 atom stereocenters. The molecule has 3 nitrogen and oxygen atoms in total. The Kier molecular flexibility index (Phi) is 1.67. The second-order valence-corrected chi connectivity index (χ2v) is 4.92. The van der Waals surface area contributed by atoms with Gasteiger partial charge in [-0.3, -0.25) is 14.4 Å². The highest BCUT2D eigenvalue weighted by Gasteiger charge is 2.17. The second kappa shape index (κ2) is 3.06. The van der Waals surface area contributed by atoms with E-state index in [2.05, 4.69) is 0 Å². The minimum Gasteiger partial charge on any atom is -0.289 e. The summed E-state index contributed by atoms with van der Waals surface area (Å²) in [5.74, 6) is 0. The van der Waals surface area contributed by atoms with Crippen LogP contribution in [0.5, 0.6) is 0 Å². The van der Waals surface area contributed by atoms with Gasteiger partial charge in [0.05, 0.1) is 0 Å². The van der Waals surface area contributed by atoms with Crippen molar-refractivity contribution in [2.75, 3.05) is 0 Å². The van der Waals surface area contributed by atoms with E-state index in [1.54, 1.807) is 24.3 Å². The molecule has 0 bridgehead atoms. The average molecular weight is 248 g/mol. The van der Waals surface area contributed by atoms with Crippen molar-refractivity contribution in [3.63, 3.8) is 0 Å². The summed E-state index contributed by atoms with van der Waals surface area (Å²) in [5, 5.41) is 3.73. The van der Waals surface area contributed by atoms with E-state index in [1.807, 2.05) is 13.0 Å². The molecule has 90 valence electrons. The molecule has 0 heterocycles. The number of hydrogen-bond donors (Lipinski definition) is 0. The first-order valence-electron chi connectivity index (χ1n) is 6.01. The highest BCUT2D eigenvalue weighted by atomic mass is 16.2. The van der Waals surface area contributed by atoms with Crippen molar-refractivity contribution >= 4 is 32.3 Å². The van der Waals surface area contributed by atoms with Gasteiger partial charge in [0.2, 0.25) is 10.9 Å². The van der Waals surface area contributed by atoms with Crippen LogP contribution in [0.2, 0.25) is 0 Å². The van der Waals surface area contributed by atoms with Crippen molar-refractivity contribution in [2.24, 2.45) is 0 Å². The lowest BCUT2D eigenvalue weighted by molar-refractivity contribution is 1.51. The lowest BCUT2D eigenvalue weighted by Gasteiger charge is -2.07. The maximum Gasteiger partial charge on any atom is 0.234 e. The van der Waals surface area contributed by atoms with Gasteiger partial charge < -0.3 is 0 Å². The predicted molar refractivity (Wildman–Crippen MR) is 76.1 cm³/mol. The van der Waals surface area contributed by atoms with E-state index in [1.165, 1.54) is 0 Å². The summed E-state index contributed by atoms with van der Waals surface area (Å²) in [6.45, 7) is 1.86. The zero-order valence-electron chi connectivity index (χ0n) is 10.1. The smallest absolute Gasteiger partial charge is 0.234 e. The lowest BCUT2D eigenvalue weighted by atomic mass is 9.95. The molecule has 19 heavy (non-hydrogen) atoms. The Bertz CT molecular complexity index is 1080. The van der Waals surface area contributed by atoms with Crippen molar-refractivity contribution in [3.8, 4) is 0 Å². The van der Waals surface area contributed by atoms with Crippen LogP contribution in [0.3, 0.4) is 0 Å². The quantitative estimate of drug-likeness (QED) is 0.446. The van der Waals surface area contributed by atoms with Crippen molar-refractivity contribution in [1.29, 1.82) is 0 Å². The van der Waals surface area contributed by atoms with Crippen molar-refractivity contribution in [2.45, 2.75) is 6.92 Å². The van der Waals surface area contributed by atoms with Gasteiger partial charge in [-0.15, -0.1) is 0 Å². The topological polar surface area (TPSA) is 51.2 Å². The monoisotopic (exact) mass is 248 g/mol. The molecule has 0 fully saturated rings. The molecule has 0 saturated carbocycles. The number of benzene rings is 3. The standard InChI is InChI=1S/C16H8O3/c1-7-6-12(17)9-3-5-11-14-10(15(18)16(11)19)4-2-8(7)13(9)14/h2-6H,1H3. The highest BCUT2D eigenvalue weighted by molar-refractivity contribution is 6.24. The lowest BCUT2D eigenvalue weighted by Crippen LogP contribution is -2.16. The zero-order valence-corrected chi connectivity index (χ0v) is 10.1. The fraction of sp³-hybridized carbons (Fsp3) is 0.0625. The Hall–Kier alpha value is -2.55. The predicted octanol–water partition coefficient (Wildman–Crippen LogP) is 1.85. The molecule has 4 aromatic carbocycles. The molecule has 0 radical (unpaired) electrons. The van der Waals surface area contributed by atoms with Gasteiger partial charge in [0.1, 0.15) is 0 Å². The van der Waals surface area contributed by atoms with E-state index >= 15 is 0 Å². The summed E-state index contributed by atoms with van der Waals surface area (Å²) < 4.78 is 0. The van der Waals surface area contributed by atoms with Crippen molar-refractivity contribution in [1.82, 2.24) is 0 Å². The van der Waals surface area contributed by atoms with Gasteiger partial charge in [-0.2, -0.15) is 0 Å². The summed E-state index contributed by atoms with van der Waals surface area (Å²) in [4.78, 5) is 35.9. The first-order chi connectivity index (χ1) is 9.09. The van der Waals surface area contributed by atoms with E-state index < -0.39 is 10.9 Å². The van der Waals surface area contributed by atoms with E-state index in [0.717, 1.165) is 16.3 Å². The van der Waals surface area contributed by atoms with E-state index in [4.69, 9.17) is 0 Å². The van der Waals surface area contributed by atoms with Crippen molar-refractivity contribution in [3.05, 3.63) is 66.6 Å². The maximum absolute atomic E-state index is 12.0. The Balaban J connectivity index is 2.60. The molecule has 4 rings (SSSR count). The van der Waals surface area contributed by atoms with Crippen LogP contribution in [0.1, 0.15) is 5.56 Å². The van der Waals surface area contributed by atoms with Crippen LogP contribution in [0, 0.1) is 6.92 Å². The van der Waals surface area contributed by atoms with E-state index in [0.29, 0.717) is 21.5 Å². The van der Waals surface area contributed by atoms with E-state index in [-0.39, 0.29) is 5.43 Å². The normalized spacial score (nSPS) is 12.1. The summed E-state index contributed by atoms with van der Waals surface area (Å²) in [6.07, 6.45) is 0. The first-order valence-corrected chi connectivity index (χ1v) is 6.01. The largest absolute Gasteiger partial charge is 0.289 e. The van der Waals surface area contributed by atoms with Gasteiger partial charge in [0.15, 0.2) is 5.43 Å². The van der Waals surface area contributed by atoms with Crippen molar-refractivity contribution < 1.29 is 0 Å². The Morgan fingerprint density at radius 2 is 1.16 bits per heavy atom. The molecule has 0 N–H and O–H groups in total. The molecule has 0 aliphatic carbocycles. The fourth-order valence-electron chi connectivity index (χ4n) is 3.00. The summed E-state index contributed by atoms with van der Waals surface area (Å²) in [7, 11) is 0. The first kappa shape index (κ1) is 10.4. The zero-order chi connectivity index (χ0) is 13.3. The average Bonchev–Trinajstić information content (AvgIpc) is 2.65. The molecule has 0 spiro atoms. The molecule has 3 heteroatoms. The van der Waals surface area contributed by atoms with Gasteiger partial charge in [-0.25, -0.2) is 0 Å². The molecule has 0 aliphatic heterocycles. The number of rotatable bonds is 0. The third-order valence-corrected chi connectivity index (χ3v) is 3.89. The molecule has 0 amide bonds. The SMILES string of the molecule is Cc1cc(=O)c2ccc3c(=O)c(=O)c4ccc1c2c43. The molecule has 0 unspecified atom stereocenters. The van der Waals surface area contributed by atoms with Crippen LogP contribution in [-0.2, 0) is 0 Å². The van der Waals surface area contributed by atoms with Crippen LogP contribution in [0.25, 0.3) is 32.3 Å². The van der Waals surface area contributed by atoms with E-state index in [9.17, 15) is 14.4 Å². The fourth-order valence-corrected chi connectivity index (χ4v) is 3.00. The molecular formula is C16H8O3. The highest BCUT2D eigenvalue weighted by Crippen LogP contribution is 2.31. The van der Waals surface area contributed by atoms with Gasteiger partial charge >= 0.3 is 0 Å². The third kappa shape index (κ3) is 1.06. The van der Waals surface area contributed by atoms with Crippen LogP contribution in [0.4, 0.5) is 0 Å². The molecular weight excluding hydrogens is 240 g/mol. The minimum absolute atomic E-state index is 0.0690. The van der Waals surface area contributed by atoms with Crippen LogP contribution in [-0.4, -0.2) is 0 Å². The molecule has 0 saturated heterocycles. The van der Waals surface area contributed by atoms with Gasteiger partial charge in [-0.05, 0) is 42.1 Å². The molecule has 4 aromatic rings. The second-order valence-electron chi connectivity index (χ2n) is 4.92. The number of aryl methyl sites for hydroxylation is 1. The van der Waals surface area contributed by atoms with Gasteiger partial charge in [-0.1, -0.05) is 6.07 Å². The van der Waals surface area contributed by atoms with Crippen LogP contribution < -0.4 is 16.3 Å². The Labute approximate surface area is 106 Å².